The van der Waals surface area contributed by atoms with E-state index in [-0.39, 0.29) is 11.0 Å². The van der Waals surface area contributed by atoms with E-state index in [4.69, 9.17) is 16.6 Å². The molecule has 5 rings (SSSR count). The lowest BCUT2D eigenvalue weighted by Gasteiger charge is -2.31. The van der Waals surface area contributed by atoms with Gasteiger partial charge in [0.25, 0.3) is 0 Å². The number of nitrogens with zero attached hydrogens (tertiary/aromatic N) is 1. The average Bonchev–Trinajstić information content (AvgIpc) is 2.79. The van der Waals surface area contributed by atoms with Gasteiger partial charge in [-0.3, -0.25) is 9.79 Å². The number of rotatable bonds is 0. The molecule has 2 heterocycles. The van der Waals surface area contributed by atoms with E-state index in [2.05, 4.69) is 11.4 Å². The van der Waals surface area contributed by atoms with Crippen molar-refractivity contribution in [2.24, 2.45) is 10.4 Å². The lowest BCUT2D eigenvalue weighted by Crippen LogP contribution is -2.39. The van der Waals surface area contributed by atoms with Crippen molar-refractivity contribution in [3.63, 3.8) is 0 Å². The van der Waals surface area contributed by atoms with Crippen molar-refractivity contribution in [3.05, 3.63) is 33.9 Å². The Balaban J connectivity index is 1.75. The average molecular weight is 273 g/mol. The summed E-state index contributed by atoms with van der Waals surface area (Å²) in [5.41, 5.74) is 4.28. The number of carbonyl (C=O) groups excluding carboxylic acids is 1. The zero-order valence-corrected chi connectivity index (χ0v) is 11.2. The van der Waals surface area contributed by atoms with Crippen LogP contribution in [0.3, 0.4) is 0 Å². The molecule has 1 N–H and O–H groups in total. The molecular formula is C15H13ClN2O. The Hall–Kier alpha value is -1.19. The third kappa shape index (κ3) is 0.965. The van der Waals surface area contributed by atoms with Crippen LogP contribution in [0.1, 0.15) is 19.3 Å². The van der Waals surface area contributed by atoms with E-state index >= 15 is 0 Å². The molecule has 1 fully saturated rings. The van der Waals surface area contributed by atoms with Crippen LogP contribution >= 0.6 is 11.6 Å². The number of halogens is 1. The normalized spacial score (nSPS) is 41.9. The van der Waals surface area contributed by atoms with E-state index in [0.29, 0.717) is 12.2 Å². The molecule has 96 valence electrons. The van der Waals surface area contributed by atoms with Gasteiger partial charge in [-0.2, -0.15) is 0 Å². The van der Waals surface area contributed by atoms with Crippen LogP contribution in [-0.4, -0.2) is 30.1 Å². The van der Waals surface area contributed by atoms with E-state index in [1.54, 1.807) is 0 Å². The van der Waals surface area contributed by atoms with E-state index in [1.807, 2.05) is 6.08 Å². The summed E-state index contributed by atoms with van der Waals surface area (Å²) in [6.07, 6.45) is 6.48. The molecule has 0 aromatic rings. The van der Waals surface area contributed by atoms with Gasteiger partial charge in [0.05, 0.1) is 16.3 Å². The fourth-order valence-electron chi connectivity index (χ4n) is 4.53. The second kappa shape index (κ2) is 2.94. The Morgan fingerprint density at radius 1 is 1.37 bits per heavy atom. The molecule has 0 bridgehead atoms. The van der Waals surface area contributed by atoms with Gasteiger partial charge in [0.15, 0.2) is 5.78 Å². The Labute approximate surface area is 116 Å². The molecule has 0 aromatic heterocycles. The molecular weight excluding hydrogens is 260 g/mol. The highest BCUT2D eigenvalue weighted by Crippen LogP contribution is 2.75. The van der Waals surface area contributed by atoms with Crippen LogP contribution in [0.15, 0.2) is 38.9 Å². The zero-order valence-electron chi connectivity index (χ0n) is 10.4. The summed E-state index contributed by atoms with van der Waals surface area (Å²) in [6.45, 7) is 1.72. The molecule has 0 aromatic carbocycles. The van der Waals surface area contributed by atoms with E-state index < -0.39 is 0 Å². The molecule has 2 unspecified atom stereocenters. The molecule has 0 saturated heterocycles. The van der Waals surface area contributed by atoms with Crippen molar-refractivity contribution >= 4 is 23.1 Å². The monoisotopic (exact) mass is 272 g/mol. The summed E-state index contributed by atoms with van der Waals surface area (Å²) >= 11 is 6.23. The summed E-state index contributed by atoms with van der Waals surface area (Å²) in [6, 6.07) is 0. The predicted molar refractivity (Wildman–Crippen MR) is 73.4 cm³/mol. The fraction of sp³-hybridized carbons (Fsp3) is 0.467. The molecule has 2 atom stereocenters. The van der Waals surface area contributed by atoms with Crippen LogP contribution < -0.4 is 5.32 Å². The zero-order chi connectivity index (χ0) is 12.8. The van der Waals surface area contributed by atoms with Gasteiger partial charge in [0.1, 0.15) is 0 Å². The first kappa shape index (κ1) is 10.6. The van der Waals surface area contributed by atoms with Gasteiger partial charge in [-0.25, -0.2) is 0 Å². The van der Waals surface area contributed by atoms with Gasteiger partial charge in [-0.15, -0.1) is 0 Å². The number of allylic oxidation sites excluding steroid dienone is 3. The Kier molecular flexibility index (Phi) is 1.64. The predicted octanol–water partition coefficient (Wildman–Crippen LogP) is 1.90. The molecule has 0 spiro atoms. The number of Topliss-reactive ketones (excluding diaryl/α,β-unsaturated/α-hetero) is 1. The minimum Gasteiger partial charge on any atom is -0.313 e. The van der Waals surface area contributed by atoms with E-state index in [0.717, 1.165) is 42.2 Å². The van der Waals surface area contributed by atoms with Gasteiger partial charge in [-0.1, -0.05) is 17.7 Å². The highest BCUT2D eigenvalue weighted by molar-refractivity contribution is 6.48. The first-order valence-electron chi connectivity index (χ1n) is 6.83. The topological polar surface area (TPSA) is 41.5 Å². The number of ketones is 1. The Bertz CT molecular complexity index is 684. The second-order valence-electron chi connectivity index (χ2n) is 6.16. The van der Waals surface area contributed by atoms with Gasteiger partial charge in [-0.05, 0) is 42.2 Å². The highest BCUT2D eigenvalue weighted by Gasteiger charge is 2.77. The van der Waals surface area contributed by atoms with Crippen molar-refractivity contribution in [3.8, 4) is 0 Å². The van der Waals surface area contributed by atoms with Crippen LogP contribution in [0.5, 0.6) is 0 Å². The van der Waals surface area contributed by atoms with E-state index in [9.17, 15) is 4.79 Å². The van der Waals surface area contributed by atoms with Crippen LogP contribution in [-0.2, 0) is 4.79 Å². The molecule has 4 heteroatoms. The van der Waals surface area contributed by atoms with Crippen molar-refractivity contribution < 1.29 is 4.79 Å². The maximum absolute atomic E-state index is 12.5. The smallest absolute Gasteiger partial charge is 0.160 e. The number of nitrogens with one attached hydrogen (secondary N) is 1. The van der Waals surface area contributed by atoms with Crippen LogP contribution in [0.2, 0.25) is 0 Å². The fourth-order valence-corrected chi connectivity index (χ4v) is 4.73. The van der Waals surface area contributed by atoms with Crippen LogP contribution in [0.25, 0.3) is 0 Å². The van der Waals surface area contributed by atoms with Crippen molar-refractivity contribution in [1.29, 1.82) is 0 Å². The van der Waals surface area contributed by atoms with Crippen LogP contribution in [0, 0.1) is 5.41 Å². The quantitative estimate of drug-likeness (QED) is 0.732. The van der Waals surface area contributed by atoms with Gasteiger partial charge >= 0.3 is 0 Å². The lowest BCUT2D eigenvalue weighted by molar-refractivity contribution is -0.117. The summed E-state index contributed by atoms with van der Waals surface area (Å²) in [4.78, 5) is 17.4. The van der Waals surface area contributed by atoms with Crippen molar-refractivity contribution in [1.82, 2.24) is 5.32 Å². The molecule has 3 nitrogen and oxygen atoms in total. The number of fused-ring (bicyclic) bond motifs is 1. The third-order valence-electron chi connectivity index (χ3n) is 5.44. The molecule has 0 radical (unpaired) electrons. The molecule has 19 heavy (non-hydrogen) atoms. The molecule has 1 saturated carbocycles. The maximum Gasteiger partial charge on any atom is 0.160 e. The largest absolute Gasteiger partial charge is 0.313 e. The van der Waals surface area contributed by atoms with Crippen LogP contribution in [0.4, 0.5) is 0 Å². The molecule has 3 aliphatic carbocycles. The summed E-state index contributed by atoms with van der Waals surface area (Å²) in [5, 5.41) is 4.13. The molecule has 5 aliphatic rings. The minimum atomic E-state index is -0.126. The van der Waals surface area contributed by atoms with E-state index in [1.165, 1.54) is 11.1 Å². The maximum atomic E-state index is 12.5. The van der Waals surface area contributed by atoms with Gasteiger partial charge in [0.2, 0.25) is 0 Å². The van der Waals surface area contributed by atoms with Gasteiger partial charge in [0, 0.05) is 18.4 Å². The van der Waals surface area contributed by atoms with Crippen molar-refractivity contribution in [2.75, 3.05) is 13.1 Å². The number of hydrogen-bond donors (Lipinski definition) is 1. The second-order valence-corrected chi connectivity index (χ2v) is 6.57. The highest BCUT2D eigenvalue weighted by atomic mass is 35.5. The third-order valence-corrected chi connectivity index (χ3v) is 5.74. The first-order chi connectivity index (χ1) is 9.18. The first-order valence-corrected chi connectivity index (χ1v) is 7.21. The number of hydrogen-bond acceptors (Lipinski definition) is 3. The number of carbonyl (C=O) groups is 1. The summed E-state index contributed by atoms with van der Waals surface area (Å²) in [5.74, 6) is 0.338. The SMILES string of the molecule is O=C1CC23CC2(N=C2C(Cl)=CC=C23)C2=C1CCNC2. The minimum absolute atomic E-state index is 0.0512. The van der Waals surface area contributed by atoms with Crippen molar-refractivity contribution in [2.45, 2.75) is 24.8 Å². The standard InChI is InChI=1S/C15H13ClN2O/c16-11-2-1-9-13(11)18-15-7-14(9,15)5-12(19)8-3-4-17-6-10(8)15/h1-2,17H,3-7H2. The lowest BCUT2D eigenvalue weighted by atomic mass is 9.75. The Morgan fingerprint density at radius 2 is 2.26 bits per heavy atom. The summed E-state index contributed by atoms with van der Waals surface area (Å²) < 4.78 is 0. The molecule has 2 aliphatic heterocycles. The summed E-state index contributed by atoms with van der Waals surface area (Å²) in [7, 11) is 0. The number of aliphatic imine (C=N–C) groups is 1. The molecule has 0 amide bonds. The Morgan fingerprint density at radius 3 is 3.16 bits per heavy atom. The van der Waals surface area contributed by atoms with Gasteiger partial charge < -0.3 is 5.32 Å².